The molecule has 0 radical (unpaired) electrons. The molecule has 0 bridgehead atoms. The fraction of sp³-hybridized carbons (Fsp3) is 0.281. The summed E-state index contributed by atoms with van der Waals surface area (Å²) in [6, 6.07) is 22.2. The molecule has 27 nitrogen and oxygen atoms in total. The minimum Gasteiger partial charge on any atom is -0.508 e. The van der Waals surface area contributed by atoms with Gasteiger partial charge in [0.1, 0.15) is 54.1 Å². The van der Waals surface area contributed by atoms with E-state index in [1.54, 1.807) is 122 Å². The van der Waals surface area contributed by atoms with Gasteiger partial charge in [-0.05, 0) is 65.1 Å². The van der Waals surface area contributed by atoms with E-state index in [1.165, 1.54) is 24.3 Å². The van der Waals surface area contributed by atoms with Crippen LogP contribution in [0.4, 0.5) is 0 Å². The molecular weight excluding hydrogens is 1180 g/mol. The van der Waals surface area contributed by atoms with E-state index in [0.717, 1.165) is 6.92 Å². The second-order valence-electron chi connectivity index (χ2n) is 21.8. The number of carbonyl (C=O) groups excluding carboxylic acids is 8. The number of aromatic hydroxyl groups is 1. The third kappa shape index (κ3) is 17.9. The van der Waals surface area contributed by atoms with Crippen molar-refractivity contribution in [1.29, 1.82) is 0 Å². The molecule has 8 amide bonds. The Kier molecular flexibility index (Phi) is 22.4. The van der Waals surface area contributed by atoms with E-state index in [0.29, 0.717) is 60.5 Å². The zero-order valence-electron chi connectivity index (χ0n) is 49.1. The number of hydrogen-bond acceptors (Lipinski definition) is 14. The number of amides is 8. The number of fused-ring (bicyclic) bond motifs is 3. The number of para-hydroxylation sites is 3. The number of phenols is 1. The molecule has 3 aromatic heterocycles. The third-order valence-corrected chi connectivity index (χ3v) is 15.2. The van der Waals surface area contributed by atoms with Crippen molar-refractivity contribution in [2.75, 3.05) is 13.2 Å². The second kappa shape index (κ2) is 30.8. The maximum atomic E-state index is 15.1. The number of phenolic OH excluding ortho intramolecular Hbond substituents is 1. The zero-order chi connectivity index (χ0) is 65.3. The number of benzene rings is 5. The van der Waals surface area contributed by atoms with Crippen molar-refractivity contribution in [2.24, 2.45) is 5.73 Å². The van der Waals surface area contributed by atoms with Crippen LogP contribution >= 0.6 is 0 Å². The average molecular weight is 1250 g/mol. The molecule has 8 rings (SSSR count). The molecule has 0 aliphatic heterocycles. The lowest BCUT2D eigenvalue weighted by Gasteiger charge is -2.28. The lowest BCUT2D eigenvalue weighted by atomic mass is 10.00. The van der Waals surface area contributed by atoms with E-state index in [-0.39, 0.29) is 37.9 Å². The van der Waals surface area contributed by atoms with Gasteiger partial charge in [-0.15, -0.1) is 0 Å². The summed E-state index contributed by atoms with van der Waals surface area (Å²) in [5.74, 6) is -11.3. The van der Waals surface area contributed by atoms with Crippen LogP contribution in [0.1, 0.15) is 41.2 Å². The van der Waals surface area contributed by atoms with Crippen molar-refractivity contribution in [3.63, 3.8) is 0 Å². The molecule has 9 atom stereocenters. The van der Waals surface area contributed by atoms with Crippen molar-refractivity contribution >= 4 is 91.9 Å². The number of aliphatic hydroxyl groups is 2. The lowest BCUT2D eigenvalue weighted by molar-refractivity contribution is -0.142. The van der Waals surface area contributed by atoms with E-state index < -0.39 is 133 Å². The lowest BCUT2D eigenvalue weighted by Crippen LogP contribution is -2.62. The minimum atomic E-state index is -2.03. The van der Waals surface area contributed by atoms with E-state index in [9.17, 15) is 68.7 Å². The van der Waals surface area contributed by atoms with Gasteiger partial charge in [-0.1, -0.05) is 97.1 Å². The number of aliphatic hydroxyl groups excluding tert-OH is 2. The average Bonchev–Trinajstić information content (AvgIpc) is 2.01. The number of nitrogens with one attached hydrogen (secondary N) is 11. The Balaban J connectivity index is 1.07. The van der Waals surface area contributed by atoms with Crippen LogP contribution in [0.15, 0.2) is 146 Å². The van der Waals surface area contributed by atoms with Gasteiger partial charge in [-0.2, -0.15) is 0 Å². The number of hydrogen-bond donors (Lipinski definition) is 17. The van der Waals surface area contributed by atoms with Gasteiger partial charge in [0.25, 0.3) is 0 Å². The Bertz CT molecular complexity index is 3920. The maximum absolute atomic E-state index is 15.1. The number of aliphatic carboxylic acids is 2. The van der Waals surface area contributed by atoms with Crippen LogP contribution in [-0.2, 0) is 80.0 Å². The number of rotatable bonds is 31. The zero-order valence-corrected chi connectivity index (χ0v) is 49.1. The topological polar surface area (TPSA) is 441 Å². The smallest absolute Gasteiger partial charge is 0.326 e. The normalized spacial score (nSPS) is 14.2. The number of aromatic nitrogens is 3. The van der Waals surface area contributed by atoms with Gasteiger partial charge >= 0.3 is 11.9 Å². The largest absolute Gasteiger partial charge is 0.508 e. The molecule has 5 aromatic carbocycles. The Morgan fingerprint density at radius 2 is 0.835 bits per heavy atom. The van der Waals surface area contributed by atoms with Crippen LogP contribution in [0.25, 0.3) is 32.7 Å². The van der Waals surface area contributed by atoms with Gasteiger partial charge < -0.3 is 88.8 Å². The van der Waals surface area contributed by atoms with Gasteiger partial charge in [-0.25, -0.2) is 4.79 Å². The molecule has 0 fully saturated rings. The fourth-order valence-electron chi connectivity index (χ4n) is 10.3. The van der Waals surface area contributed by atoms with Crippen molar-refractivity contribution in [3.8, 4) is 5.75 Å². The van der Waals surface area contributed by atoms with Crippen LogP contribution < -0.4 is 48.3 Å². The highest BCUT2D eigenvalue weighted by atomic mass is 16.4. The van der Waals surface area contributed by atoms with Crippen LogP contribution in [0.5, 0.6) is 5.75 Å². The van der Waals surface area contributed by atoms with Gasteiger partial charge in [0, 0.05) is 83.4 Å². The highest BCUT2D eigenvalue weighted by Crippen LogP contribution is 2.23. The molecule has 476 valence electrons. The van der Waals surface area contributed by atoms with Gasteiger partial charge in [0.2, 0.25) is 47.3 Å². The predicted molar refractivity (Wildman–Crippen MR) is 331 cm³/mol. The van der Waals surface area contributed by atoms with Crippen molar-refractivity contribution in [2.45, 2.75) is 99.9 Å². The third-order valence-electron chi connectivity index (χ3n) is 15.2. The molecule has 0 saturated heterocycles. The summed E-state index contributed by atoms with van der Waals surface area (Å²) < 4.78 is 0. The van der Waals surface area contributed by atoms with Crippen molar-refractivity contribution < 1.29 is 73.5 Å². The summed E-state index contributed by atoms with van der Waals surface area (Å²) in [6.45, 7) is -0.271. The van der Waals surface area contributed by atoms with Gasteiger partial charge in [-0.3, -0.25) is 43.2 Å². The molecule has 27 heteroatoms. The standard InChI is InChI=1S/C64H70N12O15/c1-34(78)56(63(89)74-51(27-39-31-68-47-18-10-7-15-43(39)47)61(87)75-53(64(90)91)24-35-11-3-2-4-12-35)76-62(88)52(28-55(81)82)73-60(86)50(26-38-30-67-46-17-9-6-14-42(38)46)72-59(85)49(25-37-29-66-45-16-8-5-13-41(37)45)71-58(84)48(23-36-19-21-40(79)22-20-36)70-54(80)32-69-57(83)44(65)33-77/h2-22,29-31,34,44,48-53,56,66-68,77-79H,23-28,32-33,65H2,1H3,(H,69,83)(H,70,80)(H,71,84)(H,72,85)(H,73,86)(H,74,89)(H,75,87)(H,76,88)(H,81,82)(H,90,91)/t34-,44+,48+,49+,50+,51+,52+,53+,56+/m1/s1. The molecule has 91 heavy (non-hydrogen) atoms. The second-order valence-corrected chi connectivity index (χ2v) is 21.8. The first kappa shape index (κ1) is 66.1. The van der Waals surface area contributed by atoms with Crippen molar-refractivity contribution in [1.82, 2.24) is 57.5 Å². The van der Waals surface area contributed by atoms with Crippen LogP contribution in [0.2, 0.25) is 0 Å². The first-order valence-corrected chi connectivity index (χ1v) is 29.0. The fourth-order valence-corrected chi connectivity index (χ4v) is 10.3. The SMILES string of the molecule is C[C@@H](O)[C@H](NC(=O)[C@H](CC(=O)O)NC(=O)[C@H](Cc1c[nH]c2ccccc12)NC(=O)[C@H](Cc1c[nH]c2ccccc12)NC(=O)[C@H](Cc1ccc(O)cc1)NC(=O)CNC(=O)[C@@H](N)CO)C(=O)N[C@@H](Cc1c[nH]c2ccccc12)C(=O)N[C@@H](Cc1ccccc1)C(=O)O. The van der Waals surface area contributed by atoms with Gasteiger partial charge in [0.05, 0.1) is 25.7 Å². The molecule has 0 spiro atoms. The Labute approximate surface area is 519 Å². The summed E-state index contributed by atoms with van der Waals surface area (Å²) in [5, 5.41) is 72.8. The summed E-state index contributed by atoms with van der Waals surface area (Å²) in [4.78, 5) is 148. The maximum Gasteiger partial charge on any atom is 0.326 e. The van der Waals surface area contributed by atoms with Gasteiger partial charge in [0.15, 0.2) is 0 Å². The van der Waals surface area contributed by atoms with E-state index in [4.69, 9.17) is 5.73 Å². The number of carboxylic acid groups (broad SMARTS) is 2. The number of H-pyrrole nitrogens is 3. The monoisotopic (exact) mass is 1250 g/mol. The molecule has 18 N–H and O–H groups in total. The molecule has 0 aliphatic carbocycles. The van der Waals surface area contributed by atoms with Crippen LogP contribution in [0.3, 0.4) is 0 Å². The minimum absolute atomic E-state index is 0.0977. The van der Waals surface area contributed by atoms with Crippen molar-refractivity contribution in [3.05, 3.63) is 174 Å². The molecule has 3 heterocycles. The molecular formula is C64H70N12O15. The first-order valence-electron chi connectivity index (χ1n) is 29.0. The number of aromatic amines is 3. The number of carboxylic acids is 2. The molecule has 0 saturated carbocycles. The predicted octanol–water partition coefficient (Wildman–Crippen LogP) is 0.119. The molecule has 0 unspecified atom stereocenters. The van der Waals surface area contributed by atoms with E-state index >= 15 is 4.79 Å². The Morgan fingerprint density at radius 1 is 0.451 bits per heavy atom. The molecule has 0 aliphatic rings. The summed E-state index contributed by atoms with van der Waals surface area (Å²) in [6.07, 6.45) is 0.759. The Hall–Kier alpha value is -10.9. The van der Waals surface area contributed by atoms with Crippen LogP contribution in [0, 0.1) is 0 Å². The molecule has 8 aromatic rings. The quantitative estimate of drug-likeness (QED) is 0.0274. The van der Waals surface area contributed by atoms with Crippen LogP contribution in [-0.4, -0.2) is 167 Å². The first-order chi connectivity index (χ1) is 43.6. The highest BCUT2D eigenvalue weighted by molar-refractivity contribution is 6.00. The number of nitrogens with two attached hydrogens (primary N) is 1. The summed E-state index contributed by atoms with van der Waals surface area (Å²) in [7, 11) is 0. The highest BCUT2D eigenvalue weighted by Gasteiger charge is 2.37. The Morgan fingerprint density at radius 3 is 1.27 bits per heavy atom. The summed E-state index contributed by atoms with van der Waals surface area (Å²) >= 11 is 0. The van der Waals surface area contributed by atoms with E-state index in [1.807, 2.05) is 0 Å². The number of carbonyl (C=O) groups is 10. The van der Waals surface area contributed by atoms with E-state index in [2.05, 4.69) is 57.5 Å². The summed E-state index contributed by atoms with van der Waals surface area (Å²) in [5.41, 5.74) is 10.1.